The van der Waals surface area contributed by atoms with E-state index in [0.29, 0.717) is 26.5 Å². The van der Waals surface area contributed by atoms with E-state index in [1.165, 1.54) is 12.1 Å². The van der Waals surface area contributed by atoms with Gasteiger partial charge in [-0.2, -0.15) is 0 Å². The average molecular weight is 436 g/mol. The molecule has 1 heterocycles. The summed E-state index contributed by atoms with van der Waals surface area (Å²) in [5.41, 5.74) is 2.94. The first-order valence-electron chi connectivity index (χ1n) is 9.11. The van der Waals surface area contributed by atoms with Gasteiger partial charge in [0.15, 0.2) is 4.77 Å². The average Bonchev–Trinajstić information content (AvgIpc) is 3.07. The number of hydrogen-bond acceptors (Lipinski definition) is 4. The predicted molar refractivity (Wildman–Crippen MR) is 123 cm³/mol. The molecule has 0 saturated heterocycles. The minimum atomic E-state index is -1.36. The molecule has 0 aliphatic rings. The number of rotatable bonds is 6. The Labute approximate surface area is 180 Å². The van der Waals surface area contributed by atoms with E-state index in [1.54, 1.807) is 16.8 Å². The van der Waals surface area contributed by atoms with Crippen LogP contribution in [-0.4, -0.2) is 18.7 Å². The van der Waals surface area contributed by atoms with Crippen LogP contribution in [0.3, 0.4) is 0 Å². The number of nitro groups is 1. The molecule has 1 atom stereocenters. The maximum atomic E-state index is 13.3. The van der Waals surface area contributed by atoms with Crippen LogP contribution in [0.4, 0.5) is 5.69 Å². The maximum absolute atomic E-state index is 13.3. The molecule has 8 heteroatoms. The van der Waals surface area contributed by atoms with Crippen LogP contribution in [0.25, 0.3) is 22.1 Å². The number of nitrogens with zero attached hydrogens (tertiary/aromatic N) is 2. The minimum Gasteiger partial charge on any atom is -0.330 e. The zero-order chi connectivity index (χ0) is 21.1. The van der Waals surface area contributed by atoms with Crippen LogP contribution in [0, 0.1) is 14.9 Å². The summed E-state index contributed by atoms with van der Waals surface area (Å²) in [6.07, 6.45) is 1.71. The van der Waals surface area contributed by atoms with E-state index in [4.69, 9.17) is 12.2 Å². The Morgan fingerprint density at radius 1 is 1.07 bits per heavy atom. The van der Waals surface area contributed by atoms with Crippen LogP contribution in [0.2, 0.25) is 0 Å². The van der Waals surface area contributed by atoms with Crippen molar-refractivity contribution >= 4 is 50.8 Å². The Balaban J connectivity index is 1.86. The number of non-ortho nitro benzene ring substituents is 1. The summed E-state index contributed by atoms with van der Waals surface area (Å²) in [5.74, 6) is 0.345. The van der Waals surface area contributed by atoms with E-state index in [2.05, 4.69) is 4.98 Å². The molecule has 6 nitrogen and oxygen atoms in total. The number of nitro benzene ring substituents is 1. The quantitative estimate of drug-likeness (QED) is 0.246. The van der Waals surface area contributed by atoms with Crippen LogP contribution in [0.5, 0.6) is 0 Å². The van der Waals surface area contributed by atoms with Gasteiger partial charge in [0.2, 0.25) is 0 Å². The fourth-order valence-electron chi connectivity index (χ4n) is 3.14. The summed E-state index contributed by atoms with van der Waals surface area (Å²) in [4.78, 5) is 14.4. The van der Waals surface area contributed by atoms with E-state index < -0.39 is 15.7 Å². The van der Waals surface area contributed by atoms with Crippen molar-refractivity contribution in [2.24, 2.45) is 0 Å². The smallest absolute Gasteiger partial charge is 0.271 e. The summed E-state index contributed by atoms with van der Waals surface area (Å²) in [5, 5.41) is 11.2. The molecular formula is C22H17N3O3S2. The second-order valence-electron chi connectivity index (χ2n) is 6.59. The van der Waals surface area contributed by atoms with Crippen LogP contribution in [0.15, 0.2) is 78.9 Å². The van der Waals surface area contributed by atoms with Crippen LogP contribution in [-0.2, 0) is 16.6 Å². The molecule has 150 valence electrons. The van der Waals surface area contributed by atoms with Crippen molar-refractivity contribution in [3.8, 4) is 0 Å². The lowest BCUT2D eigenvalue weighted by atomic mass is 10.2. The molecule has 30 heavy (non-hydrogen) atoms. The topological polar surface area (TPSA) is 80.9 Å². The van der Waals surface area contributed by atoms with Gasteiger partial charge in [0.1, 0.15) is 0 Å². The van der Waals surface area contributed by atoms with Crippen molar-refractivity contribution < 1.29 is 9.13 Å². The first kappa shape index (κ1) is 19.9. The summed E-state index contributed by atoms with van der Waals surface area (Å²) in [6, 6.07) is 23.5. The summed E-state index contributed by atoms with van der Waals surface area (Å²) in [6.45, 7) is 0. The zero-order valence-corrected chi connectivity index (χ0v) is 17.4. The number of imidazole rings is 1. The van der Waals surface area contributed by atoms with Gasteiger partial charge in [-0.15, -0.1) is 0 Å². The van der Waals surface area contributed by atoms with Gasteiger partial charge < -0.3 is 4.98 Å². The van der Waals surface area contributed by atoms with Crippen molar-refractivity contribution in [3.63, 3.8) is 0 Å². The fraction of sp³-hybridized carbons (Fsp3) is 0.0455. The number of benzene rings is 3. The molecule has 0 aliphatic carbocycles. The van der Waals surface area contributed by atoms with E-state index >= 15 is 0 Å². The lowest BCUT2D eigenvalue weighted by Crippen LogP contribution is -2.01. The Kier molecular flexibility index (Phi) is 5.69. The number of aromatic nitrogens is 2. The highest BCUT2D eigenvalue weighted by atomic mass is 32.2. The molecule has 0 amide bonds. The van der Waals surface area contributed by atoms with Gasteiger partial charge in [-0.05, 0) is 29.4 Å². The first-order valence-corrected chi connectivity index (χ1v) is 10.8. The maximum Gasteiger partial charge on any atom is 0.271 e. The number of H-pyrrole nitrogens is 1. The van der Waals surface area contributed by atoms with Crippen molar-refractivity contribution in [1.82, 2.24) is 9.55 Å². The van der Waals surface area contributed by atoms with Crippen molar-refractivity contribution in [3.05, 3.63) is 105 Å². The van der Waals surface area contributed by atoms with Gasteiger partial charge in [-0.3, -0.25) is 18.9 Å². The third-order valence-electron chi connectivity index (χ3n) is 4.60. The van der Waals surface area contributed by atoms with Gasteiger partial charge >= 0.3 is 0 Å². The van der Waals surface area contributed by atoms with Gasteiger partial charge in [0.05, 0.1) is 37.4 Å². The molecule has 4 aromatic rings. The lowest BCUT2D eigenvalue weighted by molar-refractivity contribution is -0.384. The van der Waals surface area contributed by atoms with E-state index in [9.17, 15) is 14.3 Å². The van der Waals surface area contributed by atoms with E-state index in [-0.39, 0.29) is 5.69 Å². The van der Waals surface area contributed by atoms with Gasteiger partial charge in [-0.25, -0.2) is 0 Å². The van der Waals surface area contributed by atoms with E-state index in [1.807, 2.05) is 60.7 Å². The SMILES string of the molecule is O=[N+]([O-])c1ccc2[nH]c(=S)n(/C=C(\c3ccccc3)[S@@](=O)Cc3ccccc3)c2c1. The first-order chi connectivity index (χ1) is 14.5. The molecule has 0 spiro atoms. The molecule has 0 saturated carbocycles. The number of fused-ring (bicyclic) bond motifs is 1. The van der Waals surface area contributed by atoms with Crippen LogP contribution in [0.1, 0.15) is 11.1 Å². The normalized spacial score (nSPS) is 12.7. The van der Waals surface area contributed by atoms with Crippen molar-refractivity contribution in [2.45, 2.75) is 5.75 Å². The summed E-state index contributed by atoms with van der Waals surface area (Å²) in [7, 11) is -1.36. The standard InChI is InChI=1S/C22H17N3O3S2/c26-25(27)18-11-12-19-20(13-18)24(22(29)23-19)14-21(17-9-5-2-6-10-17)30(28)15-16-7-3-1-4-8-16/h1-14H,15H2,(H,23,29)/b21-14+/t30-/m0/s1. The number of nitrogens with one attached hydrogen (secondary N) is 1. The lowest BCUT2D eigenvalue weighted by Gasteiger charge is -2.09. The zero-order valence-electron chi connectivity index (χ0n) is 15.7. The molecule has 0 radical (unpaired) electrons. The molecule has 1 N–H and O–H groups in total. The van der Waals surface area contributed by atoms with Crippen molar-refractivity contribution in [1.29, 1.82) is 0 Å². The molecule has 0 aliphatic heterocycles. The number of hydrogen-bond donors (Lipinski definition) is 1. The monoisotopic (exact) mass is 435 g/mol. The van der Waals surface area contributed by atoms with Crippen molar-refractivity contribution in [2.75, 3.05) is 0 Å². The Morgan fingerprint density at radius 2 is 1.73 bits per heavy atom. The summed E-state index contributed by atoms with van der Waals surface area (Å²) >= 11 is 5.44. The highest BCUT2D eigenvalue weighted by Crippen LogP contribution is 2.26. The highest BCUT2D eigenvalue weighted by Gasteiger charge is 2.15. The molecular weight excluding hydrogens is 418 g/mol. The van der Waals surface area contributed by atoms with Gasteiger partial charge in [0, 0.05) is 18.3 Å². The number of aromatic amines is 1. The third-order valence-corrected chi connectivity index (χ3v) is 6.33. The molecule has 0 unspecified atom stereocenters. The van der Waals surface area contributed by atoms with Crippen LogP contribution >= 0.6 is 12.2 Å². The van der Waals surface area contributed by atoms with Gasteiger partial charge in [0.25, 0.3) is 5.69 Å². The molecule has 0 fully saturated rings. The Bertz CT molecular complexity index is 1330. The Morgan fingerprint density at radius 3 is 2.40 bits per heavy atom. The minimum absolute atomic E-state index is 0.0367. The fourth-order valence-corrected chi connectivity index (χ4v) is 4.67. The predicted octanol–water partition coefficient (Wildman–Crippen LogP) is 5.51. The molecule has 4 rings (SSSR count). The van der Waals surface area contributed by atoms with Crippen LogP contribution < -0.4 is 0 Å². The molecule has 1 aromatic heterocycles. The Hall–Kier alpha value is -3.36. The second kappa shape index (κ2) is 8.56. The third kappa shape index (κ3) is 4.14. The second-order valence-corrected chi connectivity index (χ2v) is 8.40. The largest absolute Gasteiger partial charge is 0.330 e. The molecule has 0 bridgehead atoms. The van der Waals surface area contributed by atoms with E-state index in [0.717, 1.165) is 11.1 Å². The highest BCUT2D eigenvalue weighted by molar-refractivity contribution is 7.94. The summed E-state index contributed by atoms with van der Waals surface area (Å²) < 4.78 is 15.4. The molecule has 3 aromatic carbocycles. The van der Waals surface area contributed by atoms with Gasteiger partial charge in [-0.1, -0.05) is 60.7 Å².